The number of aliphatic hydroxyl groups excluding tert-OH is 1. The summed E-state index contributed by atoms with van der Waals surface area (Å²) >= 11 is 11.5. The van der Waals surface area contributed by atoms with Crippen molar-refractivity contribution in [3.63, 3.8) is 0 Å². The largest absolute Gasteiger partial charge is 0.392 e. The van der Waals surface area contributed by atoms with E-state index >= 15 is 0 Å². The molecule has 2 nitrogen and oxygen atoms in total. The van der Waals surface area contributed by atoms with Crippen LogP contribution in [0, 0.1) is 5.92 Å². The zero-order valence-electron chi connectivity index (χ0n) is 14.2. The molecule has 0 aliphatic heterocycles. The van der Waals surface area contributed by atoms with Crippen LogP contribution in [0.2, 0.25) is 5.02 Å². The summed E-state index contributed by atoms with van der Waals surface area (Å²) in [6, 6.07) is 16.1. The third-order valence-corrected chi connectivity index (χ3v) is 5.57. The molecule has 0 unspecified atom stereocenters. The molecule has 4 heteroatoms. The number of anilines is 1. The zero-order chi connectivity index (χ0) is 17.6. The van der Waals surface area contributed by atoms with Gasteiger partial charge in [-0.3, -0.25) is 0 Å². The summed E-state index contributed by atoms with van der Waals surface area (Å²) in [5.41, 5.74) is 3.35. The highest BCUT2D eigenvalue weighted by Crippen LogP contribution is 2.37. The molecule has 0 bridgehead atoms. The average Bonchev–Trinajstić information content (AvgIpc) is 2.62. The SMILES string of the molecule is OCc1ccc(C2CCC(CC(=S)Nc3cccc(Cl)c3)CC2)cc1. The van der Waals surface area contributed by atoms with Crippen LogP contribution in [0.5, 0.6) is 0 Å². The Morgan fingerprint density at radius 3 is 2.44 bits per heavy atom. The molecule has 1 aliphatic carbocycles. The Labute approximate surface area is 160 Å². The van der Waals surface area contributed by atoms with Crippen LogP contribution in [0.25, 0.3) is 0 Å². The first-order valence-electron chi connectivity index (χ1n) is 8.89. The van der Waals surface area contributed by atoms with Crippen LogP contribution >= 0.6 is 23.8 Å². The number of hydrogen-bond donors (Lipinski definition) is 2. The highest BCUT2D eigenvalue weighted by molar-refractivity contribution is 7.80. The quantitative estimate of drug-likeness (QED) is 0.636. The summed E-state index contributed by atoms with van der Waals surface area (Å²) in [7, 11) is 0. The van der Waals surface area contributed by atoms with Crippen LogP contribution in [-0.2, 0) is 6.61 Å². The minimum atomic E-state index is 0.115. The molecule has 0 spiro atoms. The second-order valence-corrected chi connectivity index (χ2v) is 7.81. The van der Waals surface area contributed by atoms with E-state index in [0.29, 0.717) is 11.8 Å². The first-order valence-corrected chi connectivity index (χ1v) is 9.68. The molecule has 25 heavy (non-hydrogen) atoms. The Bertz CT molecular complexity index is 708. The number of nitrogens with one attached hydrogen (secondary N) is 1. The van der Waals surface area contributed by atoms with Gasteiger partial charge >= 0.3 is 0 Å². The maximum Gasteiger partial charge on any atom is 0.0800 e. The third-order valence-electron chi connectivity index (χ3n) is 5.06. The van der Waals surface area contributed by atoms with Crippen molar-refractivity contribution in [1.29, 1.82) is 0 Å². The Morgan fingerprint density at radius 1 is 1.08 bits per heavy atom. The van der Waals surface area contributed by atoms with Crippen LogP contribution in [0.3, 0.4) is 0 Å². The molecule has 132 valence electrons. The van der Waals surface area contributed by atoms with Gasteiger partial charge in [0.05, 0.1) is 11.6 Å². The van der Waals surface area contributed by atoms with Gasteiger partial charge in [-0.1, -0.05) is 54.2 Å². The van der Waals surface area contributed by atoms with Crippen LogP contribution in [-0.4, -0.2) is 10.1 Å². The van der Waals surface area contributed by atoms with Gasteiger partial charge in [-0.2, -0.15) is 0 Å². The average molecular weight is 374 g/mol. The molecule has 3 rings (SSSR count). The monoisotopic (exact) mass is 373 g/mol. The van der Waals surface area contributed by atoms with Gasteiger partial charge in [0.15, 0.2) is 0 Å². The summed E-state index contributed by atoms with van der Waals surface area (Å²) in [6.45, 7) is 0.115. The second-order valence-electron chi connectivity index (χ2n) is 6.88. The molecule has 2 N–H and O–H groups in total. The number of thiocarbonyl (C=S) groups is 1. The van der Waals surface area contributed by atoms with E-state index in [1.807, 2.05) is 36.4 Å². The predicted molar refractivity (Wildman–Crippen MR) is 109 cm³/mol. The molecule has 1 saturated carbocycles. The van der Waals surface area contributed by atoms with Crippen molar-refractivity contribution in [2.24, 2.45) is 5.92 Å². The molecule has 1 fully saturated rings. The number of aliphatic hydroxyl groups is 1. The molecule has 0 heterocycles. The summed E-state index contributed by atoms with van der Waals surface area (Å²) in [4.78, 5) is 0.901. The van der Waals surface area contributed by atoms with Gasteiger partial charge in [0.2, 0.25) is 0 Å². The van der Waals surface area contributed by atoms with Gasteiger partial charge in [-0.15, -0.1) is 0 Å². The molecule has 0 amide bonds. The summed E-state index contributed by atoms with van der Waals surface area (Å²) in [5, 5.41) is 13.2. The van der Waals surface area contributed by atoms with Gasteiger partial charge in [0.1, 0.15) is 0 Å². The van der Waals surface area contributed by atoms with Crippen molar-refractivity contribution in [3.8, 4) is 0 Å². The van der Waals surface area contributed by atoms with E-state index in [4.69, 9.17) is 28.9 Å². The fourth-order valence-electron chi connectivity index (χ4n) is 3.64. The molecule has 0 radical (unpaired) electrons. The highest BCUT2D eigenvalue weighted by atomic mass is 35.5. The smallest absolute Gasteiger partial charge is 0.0800 e. The fourth-order valence-corrected chi connectivity index (χ4v) is 4.18. The minimum Gasteiger partial charge on any atom is -0.392 e. The number of benzene rings is 2. The van der Waals surface area contributed by atoms with Crippen LogP contribution in [0.15, 0.2) is 48.5 Å². The van der Waals surface area contributed by atoms with Crippen LogP contribution < -0.4 is 5.32 Å². The summed E-state index contributed by atoms with van der Waals surface area (Å²) in [5.74, 6) is 1.30. The molecule has 0 saturated heterocycles. The minimum absolute atomic E-state index is 0.115. The number of halogens is 1. The molecule has 0 aromatic heterocycles. The zero-order valence-corrected chi connectivity index (χ0v) is 15.8. The van der Waals surface area contributed by atoms with E-state index in [0.717, 1.165) is 27.7 Å². The summed E-state index contributed by atoms with van der Waals surface area (Å²) < 4.78 is 0. The normalized spacial score (nSPS) is 20.2. The second kappa shape index (κ2) is 8.79. The van der Waals surface area contributed by atoms with E-state index in [9.17, 15) is 0 Å². The van der Waals surface area contributed by atoms with E-state index in [1.54, 1.807) is 0 Å². The van der Waals surface area contributed by atoms with Gasteiger partial charge in [-0.25, -0.2) is 0 Å². The predicted octanol–water partition coefficient (Wildman–Crippen LogP) is 5.94. The molecule has 2 aromatic carbocycles. The Morgan fingerprint density at radius 2 is 1.80 bits per heavy atom. The Hall–Kier alpha value is -1.42. The van der Waals surface area contributed by atoms with Crippen molar-refractivity contribution < 1.29 is 5.11 Å². The van der Waals surface area contributed by atoms with Gasteiger partial charge in [0.25, 0.3) is 0 Å². The van der Waals surface area contributed by atoms with Crippen molar-refractivity contribution in [2.75, 3.05) is 5.32 Å². The van der Waals surface area contributed by atoms with Gasteiger partial charge in [0, 0.05) is 17.1 Å². The van der Waals surface area contributed by atoms with E-state index in [1.165, 1.54) is 31.2 Å². The Kier molecular flexibility index (Phi) is 6.46. The van der Waals surface area contributed by atoms with Gasteiger partial charge in [-0.05, 0) is 66.8 Å². The Balaban J connectivity index is 1.47. The number of rotatable bonds is 5. The number of hydrogen-bond acceptors (Lipinski definition) is 2. The van der Waals surface area contributed by atoms with E-state index in [-0.39, 0.29) is 6.61 Å². The fraction of sp³-hybridized carbons (Fsp3) is 0.381. The molecular formula is C21H24ClNOS. The lowest BCUT2D eigenvalue weighted by Gasteiger charge is -2.29. The molecule has 0 atom stereocenters. The molecular weight excluding hydrogens is 350 g/mol. The van der Waals surface area contributed by atoms with Crippen molar-refractivity contribution in [3.05, 3.63) is 64.7 Å². The van der Waals surface area contributed by atoms with Crippen molar-refractivity contribution in [2.45, 2.75) is 44.6 Å². The first kappa shape index (κ1) is 18.4. The van der Waals surface area contributed by atoms with Crippen LogP contribution in [0.1, 0.15) is 49.1 Å². The highest BCUT2D eigenvalue weighted by Gasteiger charge is 2.23. The first-order chi connectivity index (χ1) is 12.1. The maximum atomic E-state index is 9.15. The summed E-state index contributed by atoms with van der Waals surface area (Å²) in [6.07, 6.45) is 5.79. The molecule has 1 aliphatic rings. The third kappa shape index (κ3) is 5.27. The van der Waals surface area contributed by atoms with Gasteiger partial charge < -0.3 is 10.4 Å². The lowest BCUT2D eigenvalue weighted by atomic mass is 9.77. The standard InChI is InChI=1S/C21H24ClNOS/c22-19-2-1-3-20(13-19)23-21(25)12-15-4-8-17(9-5-15)18-10-6-16(14-24)7-11-18/h1-3,6-7,10-11,13,15,17,24H,4-5,8-9,12,14H2,(H,23,25). The van der Waals surface area contributed by atoms with Crippen LogP contribution in [0.4, 0.5) is 5.69 Å². The van der Waals surface area contributed by atoms with Crippen molar-refractivity contribution >= 4 is 34.5 Å². The van der Waals surface area contributed by atoms with E-state index < -0.39 is 0 Å². The van der Waals surface area contributed by atoms with E-state index in [2.05, 4.69) is 17.4 Å². The maximum absolute atomic E-state index is 9.15. The molecule has 2 aromatic rings. The topological polar surface area (TPSA) is 32.3 Å². The van der Waals surface area contributed by atoms with Crippen molar-refractivity contribution in [1.82, 2.24) is 0 Å². The lowest BCUT2D eigenvalue weighted by Crippen LogP contribution is -2.19. The lowest BCUT2D eigenvalue weighted by molar-refractivity contribution is 0.281.